The zero-order valence-electron chi connectivity index (χ0n) is 7.96. The highest BCUT2D eigenvalue weighted by molar-refractivity contribution is 5.90. The molecule has 3 rings (SSSR count). The van der Waals surface area contributed by atoms with E-state index in [2.05, 4.69) is 12.2 Å². The molecule has 1 spiro atoms. The predicted molar refractivity (Wildman–Crippen MR) is 51.3 cm³/mol. The molecule has 0 aromatic rings. The molecule has 70 valence electrons. The van der Waals surface area contributed by atoms with Crippen LogP contribution in [0.4, 0.5) is 0 Å². The number of hydrogen-bond acceptors (Lipinski definition) is 1. The summed E-state index contributed by atoms with van der Waals surface area (Å²) in [5.74, 6) is 1.66. The molecule has 0 saturated heterocycles. The third-order valence-electron chi connectivity index (χ3n) is 4.41. The minimum absolute atomic E-state index is 0.123. The second-order valence-electron chi connectivity index (χ2n) is 4.92. The predicted octanol–water partition coefficient (Wildman–Crippen LogP) is 2.71. The summed E-state index contributed by atoms with van der Waals surface area (Å²) in [5, 5.41) is 0. The fourth-order valence-electron chi connectivity index (χ4n) is 3.75. The Morgan fingerprint density at radius 2 is 2.31 bits per heavy atom. The quantitative estimate of drug-likeness (QED) is 0.519. The van der Waals surface area contributed by atoms with Gasteiger partial charge in [-0.25, -0.2) is 0 Å². The number of ketones is 1. The number of carbonyl (C=O) groups is 1. The Kier molecular flexibility index (Phi) is 1.47. The topological polar surface area (TPSA) is 17.1 Å². The summed E-state index contributed by atoms with van der Waals surface area (Å²) < 4.78 is 0. The first-order valence-electron chi connectivity index (χ1n) is 5.54. The molecule has 2 bridgehead atoms. The van der Waals surface area contributed by atoms with Crippen molar-refractivity contribution in [1.29, 1.82) is 0 Å². The summed E-state index contributed by atoms with van der Waals surface area (Å²) in [6.07, 6.45) is 11.7. The zero-order valence-corrected chi connectivity index (χ0v) is 7.96. The molecule has 0 radical (unpaired) electrons. The number of hydrogen-bond donors (Lipinski definition) is 0. The summed E-state index contributed by atoms with van der Waals surface area (Å²) in [6, 6.07) is 0. The van der Waals surface area contributed by atoms with Crippen molar-refractivity contribution >= 4 is 5.78 Å². The SMILES string of the molecule is O=C1C2CCCC13CCC=CC3C2. The molecule has 3 aliphatic carbocycles. The minimum atomic E-state index is 0.123. The van der Waals surface area contributed by atoms with Crippen molar-refractivity contribution in [2.45, 2.75) is 38.5 Å². The van der Waals surface area contributed by atoms with E-state index in [0.717, 1.165) is 19.3 Å². The zero-order chi connectivity index (χ0) is 8.89. The van der Waals surface area contributed by atoms with Crippen LogP contribution < -0.4 is 0 Å². The Balaban J connectivity index is 2.05. The van der Waals surface area contributed by atoms with E-state index in [-0.39, 0.29) is 5.41 Å². The molecule has 0 aromatic carbocycles. The maximum Gasteiger partial charge on any atom is 0.142 e. The van der Waals surface area contributed by atoms with Gasteiger partial charge >= 0.3 is 0 Å². The Morgan fingerprint density at radius 3 is 3.23 bits per heavy atom. The fourth-order valence-corrected chi connectivity index (χ4v) is 3.75. The van der Waals surface area contributed by atoms with E-state index >= 15 is 0 Å². The lowest BCUT2D eigenvalue weighted by atomic mass is 9.66. The average molecular weight is 176 g/mol. The molecule has 3 atom stereocenters. The minimum Gasteiger partial charge on any atom is -0.299 e. The molecule has 0 N–H and O–H groups in total. The summed E-state index contributed by atoms with van der Waals surface area (Å²) >= 11 is 0. The van der Waals surface area contributed by atoms with Gasteiger partial charge in [0.2, 0.25) is 0 Å². The maximum atomic E-state index is 12.1. The molecule has 3 unspecified atom stereocenters. The largest absolute Gasteiger partial charge is 0.299 e. The Morgan fingerprint density at radius 1 is 1.38 bits per heavy atom. The van der Waals surface area contributed by atoms with Gasteiger partial charge in [-0.3, -0.25) is 4.79 Å². The third-order valence-corrected chi connectivity index (χ3v) is 4.41. The molecular weight excluding hydrogens is 160 g/mol. The normalized spacial score (nSPS) is 47.8. The lowest BCUT2D eigenvalue weighted by Crippen LogP contribution is -2.37. The van der Waals surface area contributed by atoms with Crippen molar-refractivity contribution in [2.24, 2.45) is 17.3 Å². The van der Waals surface area contributed by atoms with Crippen LogP contribution in [0.2, 0.25) is 0 Å². The molecule has 3 aliphatic rings. The first-order valence-corrected chi connectivity index (χ1v) is 5.54. The van der Waals surface area contributed by atoms with Gasteiger partial charge in [0, 0.05) is 11.3 Å². The van der Waals surface area contributed by atoms with E-state index in [9.17, 15) is 4.79 Å². The highest BCUT2D eigenvalue weighted by Crippen LogP contribution is 2.56. The van der Waals surface area contributed by atoms with Crippen LogP contribution in [-0.2, 0) is 4.79 Å². The van der Waals surface area contributed by atoms with E-state index < -0.39 is 0 Å². The highest BCUT2D eigenvalue weighted by atomic mass is 16.1. The van der Waals surface area contributed by atoms with Crippen LogP contribution in [-0.4, -0.2) is 5.78 Å². The van der Waals surface area contributed by atoms with Crippen LogP contribution in [0.25, 0.3) is 0 Å². The van der Waals surface area contributed by atoms with E-state index in [1.807, 2.05) is 0 Å². The number of fused-ring (bicyclic) bond motifs is 1. The molecule has 2 fully saturated rings. The fraction of sp³-hybridized carbons (Fsp3) is 0.750. The summed E-state index contributed by atoms with van der Waals surface area (Å²) in [5.41, 5.74) is 0.123. The van der Waals surface area contributed by atoms with E-state index in [1.54, 1.807) is 0 Å². The smallest absolute Gasteiger partial charge is 0.142 e. The van der Waals surface area contributed by atoms with Crippen LogP contribution in [0, 0.1) is 17.3 Å². The summed E-state index contributed by atoms with van der Waals surface area (Å²) in [7, 11) is 0. The van der Waals surface area contributed by atoms with Crippen molar-refractivity contribution in [1.82, 2.24) is 0 Å². The third kappa shape index (κ3) is 0.853. The summed E-state index contributed by atoms with van der Waals surface area (Å²) in [4.78, 5) is 12.1. The Hall–Kier alpha value is -0.590. The second kappa shape index (κ2) is 2.46. The lowest BCUT2D eigenvalue weighted by molar-refractivity contribution is -0.133. The van der Waals surface area contributed by atoms with Gasteiger partial charge in [0.05, 0.1) is 0 Å². The van der Waals surface area contributed by atoms with Crippen molar-refractivity contribution in [3.8, 4) is 0 Å². The van der Waals surface area contributed by atoms with Crippen molar-refractivity contribution in [2.75, 3.05) is 0 Å². The Bertz CT molecular complexity index is 279. The van der Waals surface area contributed by atoms with Crippen molar-refractivity contribution < 1.29 is 4.79 Å². The number of Topliss-reactive ketones (excluding diaryl/α,β-unsaturated/α-hetero) is 1. The van der Waals surface area contributed by atoms with Gasteiger partial charge in [0.1, 0.15) is 5.78 Å². The van der Waals surface area contributed by atoms with Crippen LogP contribution >= 0.6 is 0 Å². The first-order chi connectivity index (χ1) is 6.33. The average Bonchev–Trinajstić information content (AvgIpc) is 2.35. The molecule has 0 amide bonds. The standard InChI is InChI=1S/C12H16O/c13-11-9-4-3-7-12(11)6-2-1-5-10(12)8-9/h1,5,9-10H,2-4,6-8H2. The van der Waals surface area contributed by atoms with Gasteiger partial charge in [0.25, 0.3) is 0 Å². The molecule has 0 aliphatic heterocycles. The van der Waals surface area contributed by atoms with Crippen LogP contribution in [0.3, 0.4) is 0 Å². The van der Waals surface area contributed by atoms with Crippen LogP contribution in [0.1, 0.15) is 38.5 Å². The number of allylic oxidation sites excluding steroid dienone is 2. The molecule has 1 nitrogen and oxygen atoms in total. The van der Waals surface area contributed by atoms with Gasteiger partial charge in [-0.15, -0.1) is 0 Å². The molecule has 0 aromatic heterocycles. The van der Waals surface area contributed by atoms with Gasteiger partial charge in [0.15, 0.2) is 0 Å². The van der Waals surface area contributed by atoms with Gasteiger partial charge in [-0.1, -0.05) is 18.6 Å². The number of carbonyl (C=O) groups excluding carboxylic acids is 1. The van der Waals surface area contributed by atoms with Crippen molar-refractivity contribution in [3.05, 3.63) is 12.2 Å². The van der Waals surface area contributed by atoms with Crippen LogP contribution in [0.5, 0.6) is 0 Å². The molecule has 0 heterocycles. The number of rotatable bonds is 0. The van der Waals surface area contributed by atoms with E-state index in [0.29, 0.717) is 17.6 Å². The lowest BCUT2D eigenvalue weighted by Gasteiger charge is -2.36. The van der Waals surface area contributed by atoms with Gasteiger partial charge in [-0.05, 0) is 38.0 Å². The second-order valence-corrected chi connectivity index (χ2v) is 4.92. The molecule has 13 heavy (non-hydrogen) atoms. The first kappa shape index (κ1) is 7.78. The van der Waals surface area contributed by atoms with Gasteiger partial charge in [-0.2, -0.15) is 0 Å². The van der Waals surface area contributed by atoms with E-state index in [4.69, 9.17) is 0 Å². The Labute approximate surface area is 79.2 Å². The summed E-state index contributed by atoms with van der Waals surface area (Å²) in [6.45, 7) is 0. The highest BCUT2D eigenvalue weighted by Gasteiger charge is 2.55. The van der Waals surface area contributed by atoms with Gasteiger partial charge < -0.3 is 0 Å². The molecule has 1 heteroatoms. The maximum absolute atomic E-state index is 12.1. The van der Waals surface area contributed by atoms with Crippen molar-refractivity contribution in [3.63, 3.8) is 0 Å². The monoisotopic (exact) mass is 176 g/mol. The molecule has 2 saturated carbocycles. The van der Waals surface area contributed by atoms with E-state index in [1.165, 1.54) is 19.3 Å². The molecular formula is C12H16O. The van der Waals surface area contributed by atoms with Crippen LogP contribution in [0.15, 0.2) is 12.2 Å².